The van der Waals surface area contributed by atoms with Gasteiger partial charge in [0.2, 0.25) is 0 Å². The third-order valence-electron chi connectivity index (χ3n) is 0.728. The molecule has 0 aliphatic carbocycles. The van der Waals surface area contributed by atoms with Gasteiger partial charge in [0.05, 0.1) is 11.4 Å². The van der Waals surface area contributed by atoms with Crippen LogP contribution in [0.5, 0.6) is 0 Å². The smallest absolute Gasteiger partial charge is 0.318 e. The maximum Gasteiger partial charge on any atom is 0.318 e. The summed E-state index contributed by atoms with van der Waals surface area (Å²) >= 11 is 5.83. The number of aliphatic hydroxyl groups is 1. The first-order valence-corrected chi connectivity index (χ1v) is 4.04. The first kappa shape index (κ1) is 9.39. The number of rotatable bonds is 3. The van der Waals surface area contributed by atoms with Gasteiger partial charge < -0.3 is 10.2 Å². The summed E-state index contributed by atoms with van der Waals surface area (Å²) in [6.45, 7) is -0.192. The van der Waals surface area contributed by atoms with Crippen LogP contribution in [0.1, 0.15) is 0 Å². The van der Waals surface area contributed by atoms with Gasteiger partial charge in [-0.1, -0.05) is 31.9 Å². The van der Waals surface area contributed by atoms with Crippen molar-refractivity contribution in [1.82, 2.24) is 0 Å². The molecule has 0 saturated heterocycles. The first-order chi connectivity index (χ1) is 4.09. The van der Waals surface area contributed by atoms with Crippen molar-refractivity contribution in [2.45, 2.75) is 9.65 Å². The van der Waals surface area contributed by atoms with Crippen LogP contribution >= 0.6 is 31.9 Å². The number of hydrogen-bond donors (Lipinski definition) is 2. The van der Waals surface area contributed by atoms with Gasteiger partial charge >= 0.3 is 5.97 Å². The van der Waals surface area contributed by atoms with E-state index in [4.69, 9.17) is 10.2 Å². The molecule has 0 spiro atoms. The Balaban J connectivity index is 3.72. The Morgan fingerprint density at radius 1 is 1.56 bits per heavy atom. The Morgan fingerprint density at radius 3 is 2.11 bits per heavy atom. The lowest BCUT2D eigenvalue weighted by atomic mass is 10.3. The minimum absolute atomic E-state index is 0.192. The van der Waals surface area contributed by atoms with Crippen molar-refractivity contribution in [2.24, 2.45) is 0 Å². The third-order valence-corrected chi connectivity index (χ3v) is 3.29. The molecule has 2 atom stereocenters. The fourth-order valence-electron chi connectivity index (χ4n) is 0.247. The van der Waals surface area contributed by atoms with Gasteiger partial charge in [-0.05, 0) is 0 Å². The van der Waals surface area contributed by atoms with Gasteiger partial charge in [0.25, 0.3) is 0 Å². The minimum Gasteiger partial charge on any atom is -0.480 e. The predicted octanol–water partition coefficient (Wildman–Crippen LogP) is 0.590. The quantitative estimate of drug-likeness (QED) is 0.732. The van der Waals surface area contributed by atoms with E-state index in [1.165, 1.54) is 0 Å². The summed E-state index contributed by atoms with van der Waals surface area (Å²) < 4.78 is 0. The highest BCUT2D eigenvalue weighted by molar-refractivity contribution is 9.12. The lowest BCUT2D eigenvalue weighted by Crippen LogP contribution is -2.26. The first-order valence-electron chi connectivity index (χ1n) is 2.21. The summed E-state index contributed by atoms with van der Waals surface area (Å²) in [7, 11) is 0. The van der Waals surface area contributed by atoms with Gasteiger partial charge in [-0.2, -0.15) is 0 Å². The largest absolute Gasteiger partial charge is 0.480 e. The van der Waals surface area contributed by atoms with Crippen molar-refractivity contribution in [2.75, 3.05) is 6.61 Å². The Bertz CT molecular complexity index is 106. The van der Waals surface area contributed by atoms with E-state index in [1.54, 1.807) is 0 Å². The summed E-state index contributed by atoms with van der Waals surface area (Å²) in [6.07, 6.45) is 0. The molecule has 0 aliphatic rings. The molecule has 0 rings (SSSR count). The monoisotopic (exact) mass is 260 g/mol. The average Bonchev–Trinajstić information content (AvgIpc) is 1.84. The van der Waals surface area contributed by atoms with E-state index in [9.17, 15) is 4.79 Å². The van der Waals surface area contributed by atoms with Crippen LogP contribution in [0.3, 0.4) is 0 Å². The van der Waals surface area contributed by atoms with Gasteiger partial charge in [-0.25, -0.2) is 0 Å². The van der Waals surface area contributed by atoms with Crippen LogP contribution in [0, 0.1) is 0 Å². The van der Waals surface area contributed by atoms with E-state index < -0.39 is 15.6 Å². The average molecular weight is 262 g/mol. The summed E-state index contributed by atoms with van der Waals surface area (Å²) in [5.74, 6) is -0.981. The summed E-state index contributed by atoms with van der Waals surface area (Å²) in [5, 5.41) is 16.7. The highest BCUT2D eigenvalue weighted by Crippen LogP contribution is 2.13. The van der Waals surface area contributed by atoms with Crippen molar-refractivity contribution < 1.29 is 15.0 Å². The number of aliphatic hydroxyl groups excluding tert-OH is 1. The zero-order valence-corrected chi connectivity index (χ0v) is 7.59. The molecule has 0 bridgehead atoms. The number of hydrogen-bond acceptors (Lipinski definition) is 2. The minimum atomic E-state index is -0.981. The Labute approximate surface area is 69.3 Å². The molecule has 0 saturated carbocycles. The van der Waals surface area contributed by atoms with Crippen molar-refractivity contribution in [3.8, 4) is 0 Å². The van der Waals surface area contributed by atoms with Gasteiger partial charge in [-0.15, -0.1) is 0 Å². The Morgan fingerprint density at radius 2 is 2.00 bits per heavy atom. The second-order valence-electron chi connectivity index (χ2n) is 1.44. The Kier molecular flexibility index (Phi) is 4.43. The van der Waals surface area contributed by atoms with Crippen LogP contribution in [0.2, 0.25) is 0 Å². The van der Waals surface area contributed by atoms with Crippen molar-refractivity contribution in [1.29, 1.82) is 0 Å². The van der Waals surface area contributed by atoms with E-state index in [0.717, 1.165) is 0 Å². The van der Waals surface area contributed by atoms with Crippen molar-refractivity contribution >= 4 is 37.8 Å². The lowest BCUT2D eigenvalue weighted by molar-refractivity contribution is -0.136. The number of aliphatic carboxylic acids is 1. The van der Waals surface area contributed by atoms with E-state index >= 15 is 0 Å². The Hall–Kier alpha value is 0.390. The summed E-state index contributed by atoms with van der Waals surface area (Å²) in [5.41, 5.74) is 0. The highest BCUT2D eigenvalue weighted by atomic mass is 79.9. The molecule has 0 fully saturated rings. The molecule has 0 amide bonds. The maximum absolute atomic E-state index is 10.1. The van der Waals surface area contributed by atoms with E-state index in [1.807, 2.05) is 0 Å². The van der Waals surface area contributed by atoms with Crippen LogP contribution in [0.15, 0.2) is 0 Å². The number of carboxylic acid groups (broad SMARTS) is 1. The molecule has 3 nitrogen and oxygen atoms in total. The zero-order chi connectivity index (χ0) is 7.44. The second kappa shape index (κ2) is 4.24. The third kappa shape index (κ3) is 3.17. The van der Waals surface area contributed by atoms with Crippen LogP contribution in [0.25, 0.3) is 0 Å². The van der Waals surface area contributed by atoms with E-state index in [0.29, 0.717) is 0 Å². The van der Waals surface area contributed by atoms with Gasteiger partial charge in [0, 0.05) is 0 Å². The molecule has 0 radical (unpaired) electrons. The molecule has 0 unspecified atom stereocenters. The number of alkyl halides is 2. The van der Waals surface area contributed by atoms with E-state index in [2.05, 4.69) is 31.9 Å². The normalized spacial score (nSPS) is 16.8. The van der Waals surface area contributed by atoms with Crippen LogP contribution < -0.4 is 0 Å². The molecule has 54 valence electrons. The molecule has 0 aromatic heterocycles. The maximum atomic E-state index is 10.1. The predicted molar refractivity (Wildman–Crippen MR) is 40.2 cm³/mol. The molecule has 0 aromatic carbocycles. The second-order valence-corrected chi connectivity index (χ2v) is 3.60. The molecule has 5 heteroatoms. The van der Waals surface area contributed by atoms with Gasteiger partial charge in [0.15, 0.2) is 0 Å². The fraction of sp³-hybridized carbons (Fsp3) is 0.750. The van der Waals surface area contributed by atoms with Crippen LogP contribution in [-0.4, -0.2) is 32.4 Å². The van der Waals surface area contributed by atoms with Gasteiger partial charge in [0.1, 0.15) is 4.83 Å². The van der Waals surface area contributed by atoms with Crippen molar-refractivity contribution in [3.05, 3.63) is 0 Å². The lowest BCUT2D eigenvalue weighted by Gasteiger charge is -2.07. The van der Waals surface area contributed by atoms with Crippen molar-refractivity contribution in [3.63, 3.8) is 0 Å². The highest BCUT2D eigenvalue weighted by Gasteiger charge is 2.21. The molecule has 0 aliphatic heterocycles. The standard InChI is InChI=1S/C4H6Br2O3/c5-2(1-7)3(6)4(8)9/h2-3,7H,1H2,(H,8,9)/t2-,3-/m0/s1. The molecule has 0 heterocycles. The number of carboxylic acids is 1. The molecule has 0 aromatic rings. The van der Waals surface area contributed by atoms with Crippen LogP contribution in [0.4, 0.5) is 0 Å². The topological polar surface area (TPSA) is 57.5 Å². The molecular formula is C4H6Br2O3. The van der Waals surface area contributed by atoms with Gasteiger partial charge in [-0.3, -0.25) is 4.79 Å². The SMILES string of the molecule is O=C(O)[C@@H](Br)[C@@H](Br)CO. The van der Waals surface area contributed by atoms with E-state index in [-0.39, 0.29) is 6.61 Å². The molecular weight excluding hydrogens is 256 g/mol. The van der Waals surface area contributed by atoms with Crippen LogP contribution in [-0.2, 0) is 4.79 Å². The summed E-state index contributed by atoms with van der Waals surface area (Å²) in [6, 6.07) is 0. The number of halogens is 2. The summed E-state index contributed by atoms with van der Waals surface area (Å²) in [4.78, 5) is 8.97. The zero-order valence-electron chi connectivity index (χ0n) is 4.42. The fourth-order valence-corrected chi connectivity index (χ4v) is 0.641. The molecule has 2 N–H and O–H groups in total. The number of carbonyl (C=O) groups is 1. The molecule has 9 heavy (non-hydrogen) atoms.